The van der Waals surface area contributed by atoms with Crippen molar-refractivity contribution in [2.75, 3.05) is 33.8 Å². The number of nitrogens with one attached hydrogen (secondary N) is 1. The summed E-state index contributed by atoms with van der Waals surface area (Å²) >= 11 is 0. The molecule has 1 aromatic carbocycles. The molecule has 116 valence electrons. The molecule has 0 aliphatic carbocycles. The van der Waals surface area contributed by atoms with Gasteiger partial charge < -0.3 is 15.0 Å². The highest BCUT2D eigenvalue weighted by molar-refractivity contribution is 5.76. The number of aryl methyl sites for hydroxylation is 1. The number of rotatable bonds is 6. The van der Waals surface area contributed by atoms with Gasteiger partial charge in [0.2, 0.25) is 5.91 Å². The van der Waals surface area contributed by atoms with Crippen molar-refractivity contribution >= 4 is 5.91 Å². The van der Waals surface area contributed by atoms with Gasteiger partial charge in [0.05, 0.1) is 7.11 Å². The van der Waals surface area contributed by atoms with Gasteiger partial charge in [0.1, 0.15) is 5.75 Å². The van der Waals surface area contributed by atoms with E-state index < -0.39 is 0 Å². The van der Waals surface area contributed by atoms with E-state index in [-0.39, 0.29) is 5.91 Å². The topological polar surface area (TPSA) is 41.6 Å². The molecule has 1 atom stereocenters. The molecule has 1 unspecified atom stereocenters. The first-order valence-electron chi connectivity index (χ1n) is 7.75. The van der Waals surface area contributed by atoms with E-state index in [4.69, 9.17) is 4.74 Å². The van der Waals surface area contributed by atoms with Crippen molar-refractivity contribution in [1.82, 2.24) is 10.2 Å². The summed E-state index contributed by atoms with van der Waals surface area (Å²) in [5.74, 6) is 1.59. The van der Waals surface area contributed by atoms with Crippen LogP contribution < -0.4 is 10.1 Å². The Bertz CT molecular complexity index is 462. The van der Waals surface area contributed by atoms with E-state index in [1.165, 1.54) is 19.4 Å². The van der Waals surface area contributed by atoms with Crippen LogP contribution in [-0.2, 0) is 11.2 Å². The summed E-state index contributed by atoms with van der Waals surface area (Å²) in [5, 5.41) is 3.07. The fraction of sp³-hybridized carbons (Fsp3) is 0.588. The lowest BCUT2D eigenvalue weighted by Crippen LogP contribution is -2.39. The van der Waals surface area contributed by atoms with Gasteiger partial charge in [0, 0.05) is 19.5 Å². The molecule has 0 spiro atoms. The molecule has 0 saturated carbocycles. The summed E-state index contributed by atoms with van der Waals surface area (Å²) in [7, 11) is 3.81. The van der Waals surface area contributed by atoms with Crippen LogP contribution in [0, 0.1) is 5.92 Å². The summed E-state index contributed by atoms with van der Waals surface area (Å²) in [5.41, 5.74) is 1.14. The number of hydrogen-bond acceptors (Lipinski definition) is 3. The Balaban J connectivity index is 1.69. The van der Waals surface area contributed by atoms with Gasteiger partial charge in [-0.1, -0.05) is 12.1 Å². The molecule has 0 bridgehead atoms. The number of carbonyl (C=O) groups excluding carboxylic acids is 1. The number of amides is 1. The van der Waals surface area contributed by atoms with Crippen molar-refractivity contribution in [1.29, 1.82) is 0 Å². The standard InChI is InChI=1S/C17H26N2O2/c1-19-10-4-6-15(13-19)12-18-17(20)9-8-14-5-3-7-16(11-14)21-2/h3,5,7,11,15H,4,6,8-10,12-13H2,1-2H3,(H,18,20). The lowest BCUT2D eigenvalue weighted by Gasteiger charge is -2.29. The predicted molar refractivity (Wildman–Crippen MR) is 84.5 cm³/mol. The van der Waals surface area contributed by atoms with Gasteiger partial charge >= 0.3 is 0 Å². The van der Waals surface area contributed by atoms with Crippen LogP contribution in [0.3, 0.4) is 0 Å². The zero-order chi connectivity index (χ0) is 15.1. The summed E-state index contributed by atoms with van der Waals surface area (Å²) in [6.45, 7) is 3.08. The van der Waals surface area contributed by atoms with E-state index in [2.05, 4.69) is 17.3 Å². The molecule has 0 radical (unpaired) electrons. The number of ether oxygens (including phenoxy) is 1. The molecule has 1 fully saturated rings. The number of hydrogen-bond donors (Lipinski definition) is 1. The van der Waals surface area contributed by atoms with E-state index in [9.17, 15) is 4.79 Å². The summed E-state index contributed by atoms with van der Waals surface area (Å²) < 4.78 is 5.19. The molecular weight excluding hydrogens is 264 g/mol. The van der Waals surface area contributed by atoms with Gasteiger partial charge in [-0.3, -0.25) is 4.79 Å². The third-order valence-electron chi connectivity index (χ3n) is 4.08. The van der Waals surface area contributed by atoms with E-state index in [1.54, 1.807) is 7.11 Å². The van der Waals surface area contributed by atoms with Gasteiger partial charge in [-0.15, -0.1) is 0 Å². The minimum atomic E-state index is 0.144. The van der Waals surface area contributed by atoms with E-state index in [0.717, 1.165) is 30.8 Å². The van der Waals surface area contributed by atoms with Crippen molar-refractivity contribution in [3.05, 3.63) is 29.8 Å². The minimum Gasteiger partial charge on any atom is -0.497 e. The summed E-state index contributed by atoms with van der Waals surface area (Å²) in [4.78, 5) is 14.3. The van der Waals surface area contributed by atoms with Gasteiger partial charge in [0.15, 0.2) is 0 Å². The van der Waals surface area contributed by atoms with Crippen molar-refractivity contribution < 1.29 is 9.53 Å². The zero-order valence-electron chi connectivity index (χ0n) is 13.1. The third kappa shape index (κ3) is 5.38. The van der Waals surface area contributed by atoms with Gasteiger partial charge in [-0.05, 0) is 56.5 Å². The molecule has 1 heterocycles. The van der Waals surface area contributed by atoms with Crippen molar-refractivity contribution in [2.24, 2.45) is 5.92 Å². The predicted octanol–water partition coefficient (Wildman–Crippen LogP) is 2.09. The molecule has 4 nitrogen and oxygen atoms in total. The number of benzene rings is 1. The van der Waals surface area contributed by atoms with Crippen molar-refractivity contribution in [3.8, 4) is 5.75 Å². The Morgan fingerprint density at radius 1 is 1.48 bits per heavy atom. The average molecular weight is 290 g/mol. The van der Waals surface area contributed by atoms with Gasteiger partial charge in [-0.2, -0.15) is 0 Å². The Kier molecular flexibility index (Phi) is 6.05. The molecule has 0 aromatic heterocycles. The number of likely N-dealkylation sites (tertiary alicyclic amines) is 1. The maximum Gasteiger partial charge on any atom is 0.220 e. The number of carbonyl (C=O) groups is 1. The lowest BCUT2D eigenvalue weighted by atomic mass is 9.98. The Morgan fingerprint density at radius 3 is 3.10 bits per heavy atom. The van der Waals surface area contributed by atoms with Crippen LogP contribution in [0.4, 0.5) is 0 Å². The number of nitrogens with zero attached hydrogens (tertiary/aromatic N) is 1. The Morgan fingerprint density at radius 2 is 2.33 bits per heavy atom. The molecule has 21 heavy (non-hydrogen) atoms. The Labute approximate surface area is 127 Å². The monoisotopic (exact) mass is 290 g/mol. The third-order valence-corrected chi connectivity index (χ3v) is 4.08. The molecule has 1 aliphatic rings. The van der Waals surface area contributed by atoms with Crippen LogP contribution in [0.25, 0.3) is 0 Å². The maximum atomic E-state index is 11.9. The van der Waals surface area contributed by atoms with Gasteiger partial charge in [0.25, 0.3) is 0 Å². The first kappa shape index (κ1) is 15.8. The quantitative estimate of drug-likeness (QED) is 0.872. The van der Waals surface area contributed by atoms with E-state index in [1.807, 2.05) is 24.3 Å². The fourth-order valence-electron chi connectivity index (χ4n) is 2.87. The highest BCUT2D eigenvalue weighted by Crippen LogP contribution is 2.15. The van der Waals surface area contributed by atoms with Crippen LogP contribution in [0.5, 0.6) is 5.75 Å². The van der Waals surface area contributed by atoms with Crippen LogP contribution in [0.15, 0.2) is 24.3 Å². The van der Waals surface area contributed by atoms with Crippen LogP contribution in [-0.4, -0.2) is 44.6 Å². The Hall–Kier alpha value is -1.55. The van der Waals surface area contributed by atoms with Crippen molar-refractivity contribution in [3.63, 3.8) is 0 Å². The zero-order valence-corrected chi connectivity index (χ0v) is 13.1. The molecular formula is C17H26N2O2. The summed E-state index contributed by atoms with van der Waals surface area (Å²) in [6.07, 6.45) is 3.75. The van der Waals surface area contributed by atoms with Crippen LogP contribution >= 0.6 is 0 Å². The van der Waals surface area contributed by atoms with E-state index >= 15 is 0 Å². The molecule has 1 aliphatic heterocycles. The SMILES string of the molecule is COc1cccc(CCC(=O)NCC2CCCN(C)C2)c1. The van der Waals surface area contributed by atoms with Crippen molar-refractivity contribution in [2.45, 2.75) is 25.7 Å². The largest absolute Gasteiger partial charge is 0.497 e. The molecule has 1 saturated heterocycles. The minimum absolute atomic E-state index is 0.144. The van der Waals surface area contributed by atoms with Gasteiger partial charge in [-0.25, -0.2) is 0 Å². The smallest absolute Gasteiger partial charge is 0.220 e. The molecule has 4 heteroatoms. The van der Waals surface area contributed by atoms with Crippen LogP contribution in [0.2, 0.25) is 0 Å². The van der Waals surface area contributed by atoms with Crippen LogP contribution in [0.1, 0.15) is 24.8 Å². The number of methoxy groups -OCH3 is 1. The second-order valence-electron chi connectivity index (χ2n) is 5.93. The second-order valence-corrected chi connectivity index (χ2v) is 5.93. The fourth-order valence-corrected chi connectivity index (χ4v) is 2.87. The average Bonchev–Trinajstić information content (AvgIpc) is 2.51. The first-order valence-corrected chi connectivity index (χ1v) is 7.75. The highest BCUT2D eigenvalue weighted by Gasteiger charge is 2.17. The lowest BCUT2D eigenvalue weighted by molar-refractivity contribution is -0.121. The normalized spacial score (nSPS) is 19.2. The molecule has 1 N–H and O–H groups in total. The molecule has 2 rings (SSSR count). The maximum absolute atomic E-state index is 11.9. The van der Waals surface area contributed by atoms with E-state index in [0.29, 0.717) is 12.3 Å². The second kappa shape index (κ2) is 8.03. The highest BCUT2D eigenvalue weighted by atomic mass is 16.5. The summed E-state index contributed by atoms with van der Waals surface area (Å²) in [6, 6.07) is 7.91. The molecule has 1 aromatic rings. The number of piperidine rings is 1. The molecule has 1 amide bonds. The first-order chi connectivity index (χ1) is 10.2.